The standard InChI is InChI=1S/C4H10NO/c1-3-4(2,5)6/h6H,2-3,5H2,1H3. The van der Waals surface area contributed by atoms with Gasteiger partial charge >= 0.3 is 0 Å². The molecule has 6 heavy (non-hydrogen) atoms. The normalized spacial score (nSPS) is 20.0. The van der Waals surface area contributed by atoms with Gasteiger partial charge in [-0.2, -0.15) is 0 Å². The second-order valence-electron chi connectivity index (χ2n) is 1.46. The Morgan fingerprint density at radius 3 is 2.17 bits per heavy atom. The van der Waals surface area contributed by atoms with Crippen LogP contribution >= 0.6 is 0 Å². The molecular formula is C4H10NO. The highest BCUT2D eigenvalue weighted by atomic mass is 16.3. The van der Waals surface area contributed by atoms with Crippen molar-refractivity contribution in [1.82, 2.24) is 0 Å². The van der Waals surface area contributed by atoms with Gasteiger partial charge in [0.05, 0.1) is 0 Å². The smallest absolute Gasteiger partial charge is 0.113 e. The van der Waals surface area contributed by atoms with Crippen molar-refractivity contribution < 1.29 is 5.11 Å². The average molecular weight is 88.1 g/mol. The molecule has 0 aliphatic heterocycles. The van der Waals surface area contributed by atoms with Crippen molar-refractivity contribution in [3.8, 4) is 0 Å². The van der Waals surface area contributed by atoms with Gasteiger partial charge in [-0.05, 0) is 13.3 Å². The van der Waals surface area contributed by atoms with Crippen LogP contribution in [0.3, 0.4) is 0 Å². The highest BCUT2D eigenvalue weighted by Crippen LogP contribution is 1.94. The lowest BCUT2D eigenvalue weighted by Crippen LogP contribution is -2.34. The van der Waals surface area contributed by atoms with E-state index >= 15 is 0 Å². The quantitative estimate of drug-likeness (QED) is 0.439. The molecule has 0 heterocycles. The lowest BCUT2D eigenvalue weighted by atomic mass is 10.2. The lowest BCUT2D eigenvalue weighted by Gasteiger charge is -2.11. The van der Waals surface area contributed by atoms with E-state index < -0.39 is 5.72 Å². The third-order valence-electron chi connectivity index (χ3n) is 0.612. The second-order valence-corrected chi connectivity index (χ2v) is 1.46. The number of hydrogen-bond acceptors (Lipinski definition) is 2. The van der Waals surface area contributed by atoms with E-state index in [2.05, 4.69) is 6.92 Å². The van der Waals surface area contributed by atoms with Crippen LogP contribution in [0.4, 0.5) is 0 Å². The van der Waals surface area contributed by atoms with Gasteiger partial charge in [0.2, 0.25) is 0 Å². The Morgan fingerprint density at radius 2 is 2.17 bits per heavy atom. The van der Waals surface area contributed by atoms with E-state index in [1.54, 1.807) is 6.92 Å². The molecule has 0 amide bonds. The van der Waals surface area contributed by atoms with E-state index in [0.29, 0.717) is 6.42 Å². The Morgan fingerprint density at radius 1 is 2.00 bits per heavy atom. The van der Waals surface area contributed by atoms with E-state index in [-0.39, 0.29) is 0 Å². The van der Waals surface area contributed by atoms with Gasteiger partial charge in [-0.1, -0.05) is 6.92 Å². The summed E-state index contributed by atoms with van der Waals surface area (Å²) in [5, 5.41) is 8.49. The Labute approximate surface area is 38.0 Å². The van der Waals surface area contributed by atoms with Crippen LogP contribution in [0.1, 0.15) is 13.3 Å². The molecule has 1 atom stereocenters. The topological polar surface area (TPSA) is 46.2 Å². The van der Waals surface area contributed by atoms with Gasteiger partial charge in [-0.15, -0.1) is 0 Å². The van der Waals surface area contributed by atoms with Crippen LogP contribution in [-0.2, 0) is 0 Å². The third-order valence-corrected chi connectivity index (χ3v) is 0.612. The molecule has 0 saturated heterocycles. The molecule has 1 unspecified atom stereocenters. The fraction of sp³-hybridized carbons (Fsp3) is 0.750. The van der Waals surface area contributed by atoms with Gasteiger partial charge in [0.25, 0.3) is 0 Å². The first-order valence-electron chi connectivity index (χ1n) is 1.93. The van der Waals surface area contributed by atoms with Crippen molar-refractivity contribution in [1.29, 1.82) is 0 Å². The van der Waals surface area contributed by atoms with Crippen molar-refractivity contribution in [2.75, 3.05) is 0 Å². The SMILES string of the molecule is [CH2]C(N)(O)CC. The molecule has 0 aliphatic carbocycles. The summed E-state index contributed by atoms with van der Waals surface area (Å²) in [5.41, 5.74) is 3.77. The molecule has 3 N–H and O–H groups in total. The third kappa shape index (κ3) is 3.92. The summed E-state index contributed by atoms with van der Waals surface area (Å²) in [6, 6.07) is 0. The molecule has 37 valence electrons. The Hall–Kier alpha value is -0.0800. The molecule has 0 aliphatic rings. The molecule has 1 radical (unpaired) electrons. The van der Waals surface area contributed by atoms with Crippen LogP contribution < -0.4 is 5.73 Å². The Bertz CT molecular complexity index is 37.3. The van der Waals surface area contributed by atoms with Crippen LogP contribution in [0.25, 0.3) is 0 Å². The summed E-state index contributed by atoms with van der Waals surface area (Å²) >= 11 is 0. The first kappa shape index (κ1) is 5.92. The highest BCUT2D eigenvalue weighted by Gasteiger charge is 2.06. The first-order chi connectivity index (χ1) is 2.56. The molecule has 0 aromatic heterocycles. The monoisotopic (exact) mass is 88.1 g/mol. The molecule has 2 nitrogen and oxygen atoms in total. The number of aliphatic hydroxyl groups is 1. The van der Waals surface area contributed by atoms with Crippen molar-refractivity contribution in [2.24, 2.45) is 5.73 Å². The number of rotatable bonds is 1. The zero-order valence-electron chi connectivity index (χ0n) is 3.94. The molecular weight excluding hydrogens is 78.0 g/mol. The molecule has 0 aromatic rings. The first-order valence-corrected chi connectivity index (χ1v) is 1.93. The minimum absolute atomic E-state index is 0.493. The Balaban J connectivity index is 3.17. The number of hydrogen-bond donors (Lipinski definition) is 2. The zero-order chi connectivity index (χ0) is 5.21. The van der Waals surface area contributed by atoms with Gasteiger partial charge in [-0.25, -0.2) is 0 Å². The summed E-state index contributed by atoms with van der Waals surface area (Å²) in [6.45, 7) is 4.99. The Kier molecular flexibility index (Phi) is 1.56. The van der Waals surface area contributed by atoms with E-state index in [1.165, 1.54) is 0 Å². The van der Waals surface area contributed by atoms with Crippen LogP contribution in [0.15, 0.2) is 0 Å². The maximum Gasteiger partial charge on any atom is 0.113 e. The minimum Gasteiger partial charge on any atom is -0.376 e. The summed E-state index contributed by atoms with van der Waals surface area (Å²) in [6.07, 6.45) is 0.493. The van der Waals surface area contributed by atoms with Gasteiger partial charge < -0.3 is 10.8 Å². The summed E-state index contributed by atoms with van der Waals surface area (Å²) in [7, 11) is 0. The summed E-state index contributed by atoms with van der Waals surface area (Å²) < 4.78 is 0. The average Bonchev–Trinajstić information content (AvgIpc) is 1.35. The van der Waals surface area contributed by atoms with Crippen molar-refractivity contribution in [2.45, 2.75) is 19.1 Å². The molecule has 0 saturated carbocycles. The van der Waals surface area contributed by atoms with E-state index in [1.807, 2.05) is 0 Å². The van der Waals surface area contributed by atoms with Crippen LogP contribution in [-0.4, -0.2) is 10.8 Å². The van der Waals surface area contributed by atoms with Crippen LogP contribution in [0.2, 0.25) is 0 Å². The van der Waals surface area contributed by atoms with Gasteiger partial charge in [0, 0.05) is 0 Å². The van der Waals surface area contributed by atoms with Gasteiger partial charge in [0.15, 0.2) is 0 Å². The largest absolute Gasteiger partial charge is 0.376 e. The predicted molar refractivity (Wildman–Crippen MR) is 24.8 cm³/mol. The summed E-state index contributed by atoms with van der Waals surface area (Å²) in [5.74, 6) is 0. The molecule has 0 aromatic carbocycles. The van der Waals surface area contributed by atoms with Gasteiger partial charge in [-0.3, -0.25) is 0 Å². The maximum atomic E-state index is 8.49. The lowest BCUT2D eigenvalue weighted by molar-refractivity contribution is 0.0913. The van der Waals surface area contributed by atoms with Gasteiger partial charge in [0.1, 0.15) is 5.72 Å². The fourth-order valence-electron chi connectivity index (χ4n) is 0. The van der Waals surface area contributed by atoms with Crippen molar-refractivity contribution in [3.05, 3.63) is 6.92 Å². The zero-order valence-corrected chi connectivity index (χ0v) is 3.94. The highest BCUT2D eigenvalue weighted by molar-refractivity contribution is 4.68. The molecule has 0 rings (SSSR count). The second kappa shape index (κ2) is 1.58. The molecule has 0 spiro atoms. The minimum atomic E-state index is -1.21. The molecule has 0 bridgehead atoms. The van der Waals surface area contributed by atoms with Crippen molar-refractivity contribution >= 4 is 0 Å². The number of nitrogens with two attached hydrogens (primary N) is 1. The maximum absolute atomic E-state index is 8.49. The van der Waals surface area contributed by atoms with E-state index in [4.69, 9.17) is 10.8 Å². The van der Waals surface area contributed by atoms with Crippen molar-refractivity contribution in [3.63, 3.8) is 0 Å². The molecule has 0 fully saturated rings. The predicted octanol–water partition coefficient (Wildman–Crippen LogP) is -0.122. The van der Waals surface area contributed by atoms with Crippen LogP contribution in [0.5, 0.6) is 0 Å². The van der Waals surface area contributed by atoms with E-state index in [0.717, 1.165) is 0 Å². The summed E-state index contributed by atoms with van der Waals surface area (Å²) in [4.78, 5) is 0. The fourth-order valence-corrected chi connectivity index (χ4v) is 0. The van der Waals surface area contributed by atoms with E-state index in [9.17, 15) is 0 Å². The van der Waals surface area contributed by atoms with Crippen LogP contribution in [0, 0.1) is 6.92 Å². The molecule has 2 heteroatoms.